The maximum atomic E-state index is 12.8. The highest BCUT2D eigenvalue weighted by molar-refractivity contribution is 5.61. The summed E-state index contributed by atoms with van der Waals surface area (Å²) in [6.07, 6.45) is -2.39. The van der Waals surface area contributed by atoms with E-state index in [1.165, 1.54) is 6.92 Å². The van der Waals surface area contributed by atoms with Crippen LogP contribution < -0.4 is 15.4 Å². The topological polar surface area (TPSA) is 38.5 Å². The van der Waals surface area contributed by atoms with Gasteiger partial charge in [-0.15, -0.1) is 0 Å². The number of rotatable bonds is 3. The molecule has 0 saturated carbocycles. The van der Waals surface area contributed by atoms with Crippen molar-refractivity contribution in [1.82, 2.24) is 0 Å². The molecule has 1 aromatic rings. The van der Waals surface area contributed by atoms with Gasteiger partial charge in [0.15, 0.2) is 0 Å². The van der Waals surface area contributed by atoms with Gasteiger partial charge in [-0.1, -0.05) is 6.07 Å². The first-order valence-corrected chi connectivity index (χ1v) is 5.94. The molecule has 0 bridgehead atoms. The summed E-state index contributed by atoms with van der Waals surface area (Å²) in [4.78, 5) is 2.05. The Kier molecular flexibility index (Phi) is 3.43. The fraction of sp³-hybridized carbons (Fsp3) is 0.538. The lowest BCUT2D eigenvalue weighted by Gasteiger charge is -2.29. The molecular formula is C13H18F2N2O. The van der Waals surface area contributed by atoms with E-state index in [-0.39, 0.29) is 6.42 Å². The number of anilines is 1. The molecule has 3 nitrogen and oxygen atoms in total. The lowest BCUT2D eigenvalue weighted by Crippen LogP contribution is -2.45. The predicted octanol–water partition coefficient (Wildman–Crippen LogP) is 2.04. The minimum absolute atomic E-state index is 0.145. The molecule has 1 aliphatic heterocycles. The van der Waals surface area contributed by atoms with Gasteiger partial charge in [0.05, 0.1) is 17.8 Å². The van der Waals surface area contributed by atoms with Crippen molar-refractivity contribution in [3.8, 4) is 5.75 Å². The second-order valence-corrected chi connectivity index (χ2v) is 5.06. The molecule has 0 radical (unpaired) electrons. The highest BCUT2D eigenvalue weighted by Gasteiger charge is 2.30. The van der Waals surface area contributed by atoms with E-state index in [0.717, 1.165) is 23.5 Å². The van der Waals surface area contributed by atoms with E-state index in [9.17, 15) is 8.78 Å². The van der Waals surface area contributed by atoms with Crippen LogP contribution in [-0.4, -0.2) is 32.2 Å². The van der Waals surface area contributed by atoms with Gasteiger partial charge < -0.3 is 15.4 Å². The van der Waals surface area contributed by atoms with Gasteiger partial charge in [0.25, 0.3) is 6.43 Å². The molecule has 18 heavy (non-hydrogen) atoms. The molecule has 1 atom stereocenters. The summed E-state index contributed by atoms with van der Waals surface area (Å²) >= 11 is 0. The number of hydrogen-bond donors (Lipinski definition) is 1. The molecule has 2 N–H and O–H groups in total. The molecule has 0 amide bonds. The van der Waals surface area contributed by atoms with E-state index in [1.54, 1.807) is 6.07 Å². The zero-order valence-electron chi connectivity index (χ0n) is 10.6. The standard InChI is InChI=1S/C13H18F2N2O/c1-13(16,12(14)15)8-9-3-4-11-10(7-9)17(2)5-6-18-11/h3-4,7,12H,5-6,8,16H2,1-2H3. The molecular weight excluding hydrogens is 238 g/mol. The maximum Gasteiger partial charge on any atom is 0.256 e. The summed E-state index contributed by atoms with van der Waals surface area (Å²) in [5.74, 6) is 0.795. The summed E-state index contributed by atoms with van der Waals surface area (Å²) in [6, 6.07) is 5.50. The zero-order valence-corrected chi connectivity index (χ0v) is 10.6. The van der Waals surface area contributed by atoms with Gasteiger partial charge in [-0.2, -0.15) is 0 Å². The number of nitrogens with zero attached hydrogens (tertiary/aromatic N) is 1. The molecule has 0 saturated heterocycles. The van der Waals surface area contributed by atoms with Crippen LogP contribution in [-0.2, 0) is 6.42 Å². The van der Waals surface area contributed by atoms with Gasteiger partial charge in [-0.3, -0.25) is 0 Å². The Morgan fingerprint density at radius 3 is 2.89 bits per heavy atom. The van der Waals surface area contributed by atoms with Crippen molar-refractivity contribution in [3.63, 3.8) is 0 Å². The Bertz CT molecular complexity index is 435. The molecule has 100 valence electrons. The lowest BCUT2D eigenvalue weighted by molar-refractivity contribution is 0.0639. The van der Waals surface area contributed by atoms with Crippen LogP contribution in [0.1, 0.15) is 12.5 Å². The molecule has 0 aliphatic carbocycles. The van der Waals surface area contributed by atoms with E-state index in [0.29, 0.717) is 6.61 Å². The van der Waals surface area contributed by atoms with Gasteiger partial charge in [-0.05, 0) is 31.0 Å². The Labute approximate surface area is 106 Å². The third-order valence-corrected chi connectivity index (χ3v) is 3.20. The third-order valence-electron chi connectivity index (χ3n) is 3.20. The van der Waals surface area contributed by atoms with Crippen molar-refractivity contribution in [2.24, 2.45) is 5.73 Å². The number of hydrogen-bond acceptors (Lipinski definition) is 3. The fourth-order valence-electron chi connectivity index (χ4n) is 2.02. The summed E-state index contributed by atoms with van der Waals surface area (Å²) in [5, 5.41) is 0. The predicted molar refractivity (Wildman–Crippen MR) is 67.5 cm³/mol. The van der Waals surface area contributed by atoms with Crippen molar-refractivity contribution >= 4 is 5.69 Å². The van der Waals surface area contributed by atoms with Gasteiger partial charge in [0, 0.05) is 7.05 Å². The van der Waals surface area contributed by atoms with Gasteiger partial charge in [0.2, 0.25) is 0 Å². The number of fused-ring (bicyclic) bond motifs is 1. The van der Waals surface area contributed by atoms with Crippen LogP contribution >= 0.6 is 0 Å². The number of likely N-dealkylation sites (N-methyl/N-ethyl adjacent to an activating group) is 1. The van der Waals surface area contributed by atoms with Crippen molar-refractivity contribution in [2.45, 2.75) is 25.3 Å². The minimum Gasteiger partial charge on any atom is -0.490 e. The second-order valence-electron chi connectivity index (χ2n) is 5.06. The van der Waals surface area contributed by atoms with Crippen LogP contribution in [0.4, 0.5) is 14.5 Å². The van der Waals surface area contributed by atoms with Crippen molar-refractivity contribution in [2.75, 3.05) is 25.1 Å². The normalized spacial score (nSPS) is 18.2. The molecule has 5 heteroatoms. The summed E-state index contributed by atoms with van der Waals surface area (Å²) in [6.45, 7) is 2.82. The number of benzene rings is 1. The number of nitrogens with two attached hydrogens (primary N) is 1. The van der Waals surface area contributed by atoms with E-state index in [1.807, 2.05) is 19.2 Å². The fourth-order valence-corrected chi connectivity index (χ4v) is 2.02. The highest BCUT2D eigenvalue weighted by Crippen LogP contribution is 2.32. The number of ether oxygens (including phenoxy) is 1. The molecule has 1 aliphatic rings. The van der Waals surface area contributed by atoms with Gasteiger partial charge in [-0.25, -0.2) is 8.78 Å². The molecule has 0 spiro atoms. The summed E-state index contributed by atoms with van der Waals surface area (Å²) in [7, 11) is 1.96. The molecule has 0 fully saturated rings. The van der Waals surface area contributed by atoms with Crippen LogP contribution in [0.2, 0.25) is 0 Å². The molecule has 1 unspecified atom stereocenters. The largest absolute Gasteiger partial charge is 0.490 e. The van der Waals surface area contributed by atoms with Crippen molar-refractivity contribution < 1.29 is 13.5 Å². The molecule has 1 aromatic carbocycles. The maximum absolute atomic E-state index is 12.8. The van der Waals surface area contributed by atoms with Crippen LogP contribution in [0.25, 0.3) is 0 Å². The summed E-state index contributed by atoms with van der Waals surface area (Å²) < 4.78 is 31.0. The Morgan fingerprint density at radius 2 is 2.22 bits per heavy atom. The van der Waals surface area contributed by atoms with Crippen LogP contribution in [0.5, 0.6) is 5.75 Å². The quantitative estimate of drug-likeness (QED) is 0.899. The third kappa shape index (κ3) is 2.56. The van der Waals surface area contributed by atoms with E-state index in [4.69, 9.17) is 10.5 Å². The second kappa shape index (κ2) is 4.72. The first-order valence-electron chi connectivity index (χ1n) is 5.94. The Hall–Kier alpha value is -1.36. The molecule has 0 aromatic heterocycles. The minimum atomic E-state index is -2.54. The summed E-state index contributed by atoms with van der Waals surface area (Å²) in [5.41, 5.74) is 5.85. The van der Waals surface area contributed by atoms with E-state index in [2.05, 4.69) is 4.90 Å². The zero-order chi connectivity index (χ0) is 13.3. The van der Waals surface area contributed by atoms with Crippen LogP contribution in [0.15, 0.2) is 18.2 Å². The highest BCUT2D eigenvalue weighted by atomic mass is 19.3. The molecule has 2 rings (SSSR count). The first-order chi connectivity index (χ1) is 8.40. The SMILES string of the molecule is CN1CCOc2ccc(CC(C)(N)C(F)F)cc21. The monoisotopic (exact) mass is 256 g/mol. The van der Waals surface area contributed by atoms with Crippen molar-refractivity contribution in [1.29, 1.82) is 0 Å². The van der Waals surface area contributed by atoms with Crippen molar-refractivity contribution in [3.05, 3.63) is 23.8 Å². The van der Waals surface area contributed by atoms with Crippen LogP contribution in [0, 0.1) is 0 Å². The average Bonchev–Trinajstić information content (AvgIpc) is 2.29. The van der Waals surface area contributed by atoms with Gasteiger partial charge >= 0.3 is 0 Å². The number of halogens is 2. The van der Waals surface area contributed by atoms with Crippen LogP contribution in [0.3, 0.4) is 0 Å². The Morgan fingerprint density at radius 1 is 1.50 bits per heavy atom. The molecule has 1 heterocycles. The van der Waals surface area contributed by atoms with Gasteiger partial charge in [0.1, 0.15) is 12.4 Å². The smallest absolute Gasteiger partial charge is 0.256 e. The Balaban J connectivity index is 2.23. The first kappa shape index (κ1) is 13.1. The average molecular weight is 256 g/mol. The van der Waals surface area contributed by atoms with E-state index >= 15 is 0 Å². The lowest BCUT2D eigenvalue weighted by atomic mass is 9.94. The number of alkyl halides is 2. The van der Waals surface area contributed by atoms with E-state index < -0.39 is 12.0 Å².